The molecule has 5 N–H and O–H groups in total. The predicted octanol–water partition coefficient (Wildman–Crippen LogP) is 2.60. The Bertz CT molecular complexity index is 650. The lowest BCUT2D eigenvalue weighted by atomic mass is 10.1. The number of carbonyl (C=O) groups excluding carboxylic acids is 1. The van der Waals surface area contributed by atoms with Gasteiger partial charge in [0.15, 0.2) is 0 Å². The monoisotopic (exact) mass is 269 g/mol. The first-order chi connectivity index (χ1) is 9.49. The van der Waals surface area contributed by atoms with Gasteiger partial charge in [-0.25, -0.2) is 0 Å². The van der Waals surface area contributed by atoms with Crippen LogP contribution >= 0.6 is 0 Å². The molecule has 2 aromatic rings. The Morgan fingerprint density at radius 2 is 1.95 bits per heavy atom. The number of hydrogen-bond donors (Lipinski definition) is 3. The van der Waals surface area contributed by atoms with Crippen molar-refractivity contribution < 1.29 is 4.79 Å². The lowest BCUT2D eigenvalue weighted by Crippen LogP contribution is -2.14. The largest absolute Gasteiger partial charge is 0.399 e. The minimum Gasteiger partial charge on any atom is -0.399 e. The summed E-state index contributed by atoms with van der Waals surface area (Å²) < 4.78 is 0. The maximum atomic E-state index is 11.4. The Morgan fingerprint density at radius 1 is 1.20 bits per heavy atom. The van der Waals surface area contributed by atoms with Gasteiger partial charge in [-0.1, -0.05) is 18.2 Å². The van der Waals surface area contributed by atoms with Crippen molar-refractivity contribution in [2.75, 3.05) is 11.1 Å². The first kappa shape index (κ1) is 13.9. The Hall–Kier alpha value is -2.49. The molecule has 0 spiro atoms. The van der Waals surface area contributed by atoms with E-state index in [1.54, 1.807) is 6.07 Å². The summed E-state index contributed by atoms with van der Waals surface area (Å²) in [6.45, 7) is 4.56. The maximum Gasteiger partial charge on any atom is 0.250 e. The molecule has 0 saturated carbocycles. The van der Waals surface area contributed by atoms with Gasteiger partial charge >= 0.3 is 0 Å². The van der Waals surface area contributed by atoms with Crippen LogP contribution in [0.1, 0.15) is 27.0 Å². The minimum atomic E-state index is -0.434. The summed E-state index contributed by atoms with van der Waals surface area (Å²) >= 11 is 0. The lowest BCUT2D eigenvalue weighted by molar-refractivity contribution is 0.100. The van der Waals surface area contributed by atoms with E-state index in [0.717, 1.165) is 28.1 Å². The highest BCUT2D eigenvalue weighted by Gasteiger charge is 2.08. The van der Waals surface area contributed by atoms with Crippen molar-refractivity contribution in [3.63, 3.8) is 0 Å². The van der Waals surface area contributed by atoms with E-state index in [-0.39, 0.29) is 0 Å². The molecule has 0 aliphatic heterocycles. The maximum absolute atomic E-state index is 11.4. The number of nitrogens with two attached hydrogens (primary N) is 2. The van der Waals surface area contributed by atoms with Crippen LogP contribution in [0.15, 0.2) is 36.4 Å². The first-order valence-corrected chi connectivity index (χ1v) is 6.47. The standard InChI is InChI=1S/C16H19N3O/c1-10-6-7-13(16(18)20)15(8-10)19-9-12-4-3-5-14(17)11(12)2/h3-8,19H,9,17H2,1-2H3,(H2,18,20). The summed E-state index contributed by atoms with van der Waals surface area (Å²) in [5.41, 5.74) is 16.5. The molecule has 1 amide bonds. The van der Waals surface area contributed by atoms with Crippen LogP contribution in [0.2, 0.25) is 0 Å². The molecule has 20 heavy (non-hydrogen) atoms. The van der Waals surface area contributed by atoms with Gasteiger partial charge in [0.2, 0.25) is 0 Å². The third kappa shape index (κ3) is 2.91. The minimum absolute atomic E-state index is 0.434. The van der Waals surface area contributed by atoms with Crippen molar-refractivity contribution >= 4 is 17.3 Å². The average molecular weight is 269 g/mol. The normalized spacial score (nSPS) is 10.3. The van der Waals surface area contributed by atoms with E-state index < -0.39 is 5.91 Å². The molecule has 104 valence electrons. The zero-order valence-electron chi connectivity index (χ0n) is 11.7. The number of anilines is 2. The van der Waals surface area contributed by atoms with Crippen LogP contribution in [0.5, 0.6) is 0 Å². The fourth-order valence-corrected chi connectivity index (χ4v) is 2.10. The van der Waals surface area contributed by atoms with Gasteiger partial charge in [-0.3, -0.25) is 4.79 Å². The van der Waals surface area contributed by atoms with Crippen molar-refractivity contribution in [2.45, 2.75) is 20.4 Å². The Kier molecular flexibility index (Phi) is 3.94. The number of rotatable bonds is 4. The second-order valence-electron chi connectivity index (χ2n) is 4.90. The summed E-state index contributed by atoms with van der Waals surface area (Å²) in [5, 5.41) is 3.26. The fourth-order valence-electron chi connectivity index (χ4n) is 2.10. The topological polar surface area (TPSA) is 81.1 Å². The molecule has 0 heterocycles. The van der Waals surface area contributed by atoms with E-state index in [9.17, 15) is 4.79 Å². The van der Waals surface area contributed by atoms with Crippen LogP contribution < -0.4 is 16.8 Å². The third-order valence-corrected chi connectivity index (χ3v) is 3.40. The molecule has 0 saturated heterocycles. The Morgan fingerprint density at radius 3 is 2.65 bits per heavy atom. The molecule has 0 unspecified atom stereocenters. The summed E-state index contributed by atoms with van der Waals surface area (Å²) in [4.78, 5) is 11.4. The molecule has 0 atom stereocenters. The van der Waals surface area contributed by atoms with Crippen LogP contribution in [0.25, 0.3) is 0 Å². The highest BCUT2D eigenvalue weighted by Crippen LogP contribution is 2.20. The summed E-state index contributed by atoms with van der Waals surface area (Å²) in [6.07, 6.45) is 0. The molecule has 2 rings (SSSR count). The molecule has 0 bridgehead atoms. The van der Waals surface area contributed by atoms with Crippen molar-refractivity contribution in [3.05, 3.63) is 58.7 Å². The number of nitrogen functional groups attached to an aromatic ring is 1. The quantitative estimate of drug-likeness (QED) is 0.746. The van der Waals surface area contributed by atoms with Crippen LogP contribution in [-0.4, -0.2) is 5.91 Å². The molecule has 4 nitrogen and oxygen atoms in total. The number of benzene rings is 2. The third-order valence-electron chi connectivity index (χ3n) is 3.40. The van der Waals surface area contributed by atoms with Crippen LogP contribution in [0.4, 0.5) is 11.4 Å². The van der Waals surface area contributed by atoms with Crippen molar-refractivity contribution in [1.82, 2.24) is 0 Å². The van der Waals surface area contributed by atoms with E-state index in [1.807, 2.05) is 44.2 Å². The molecular formula is C16H19N3O. The van der Waals surface area contributed by atoms with Crippen LogP contribution in [0.3, 0.4) is 0 Å². The van der Waals surface area contributed by atoms with Gasteiger partial charge in [0.25, 0.3) is 5.91 Å². The molecule has 4 heteroatoms. The predicted molar refractivity (Wildman–Crippen MR) is 82.6 cm³/mol. The SMILES string of the molecule is Cc1ccc(C(N)=O)c(NCc2cccc(N)c2C)c1. The van der Waals surface area contributed by atoms with Gasteiger partial charge in [-0.05, 0) is 48.7 Å². The van der Waals surface area contributed by atoms with Crippen molar-refractivity contribution in [1.29, 1.82) is 0 Å². The molecule has 0 radical (unpaired) electrons. The van der Waals surface area contributed by atoms with E-state index in [0.29, 0.717) is 12.1 Å². The van der Waals surface area contributed by atoms with Crippen molar-refractivity contribution in [2.24, 2.45) is 5.73 Å². The summed E-state index contributed by atoms with van der Waals surface area (Å²) in [5.74, 6) is -0.434. The van der Waals surface area contributed by atoms with E-state index >= 15 is 0 Å². The second kappa shape index (κ2) is 5.65. The number of nitrogens with one attached hydrogen (secondary N) is 1. The van der Waals surface area contributed by atoms with Crippen LogP contribution in [-0.2, 0) is 6.54 Å². The highest BCUT2D eigenvalue weighted by molar-refractivity contribution is 5.98. The smallest absolute Gasteiger partial charge is 0.250 e. The van der Waals surface area contributed by atoms with E-state index in [1.165, 1.54) is 0 Å². The fraction of sp³-hybridized carbons (Fsp3) is 0.188. The number of primary amides is 1. The zero-order valence-corrected chi connectivity index (χ0v) is 11.7. The van der Waals surface area contributed by atoms with Crippen molar-refractivity contribution in [3.8, 4) is 0 Å². The zero-order chi connectivity index (χ0) is 14.7. The Balaban J connectivity index is 2.24. The summed E-state index contributed by atoms with van der Waals surface area (Å²) in [7, 11) is 0. The number of hydrogen-bond acceptors (Lipinski definition) is 3. The van der Waals surface area contributed by atoms with Crippen LogP contribution in [0, 0.1) is 13.8 Å². The molecule has 2 aromatic carbocycles. The first-order valence-electron chi connectivity index (χ1n) is 6.47. The van der Waals surface area contributed by atoms with E-state index in [2.05, 4.69) is 5.32 Å². The van der Waals surface area contributed by atoms with Gasteiger partial charge in [0, 0.05) is 17.9 Å². The van der Waals surface area contributed by atoms with Gasteiger partial charge in [-0.2, -0.15) is 0 Å². The number of amides is 1. The molecule has 0 aliphatic carbocycles. The highest BCUT2D eigenvalue weighted by atomic mass is 16.1. The van der Waals surface area contributed by atoms with Gasteiger partial charge < -0.3 is 16.8 Å². The Labute approximate surface area is 118 Å². The molecule has 0 aliphatic rings. The molecule has 0 aromatic heterocycles. The van der Waals surface area contributed by atoms with E-state index in [4.69, 9.17) is 11.5 Å². The molecular weight excluding hydrogens is 250 g/mol. The summed E-state index contributed by atoms with van der Waals surface area (Å²) in [6, 6.07) is 11.3. The van der Waals surface area contributed by atoms with Gasteiger partial charge in [0.05, 0.1) is 5.56 Å². The number of aryl methyl sites for hydroxylation is 1. The van der Waals surface area contributed by atoms with Gasteiger partial charge in [-0.15, -0.1) is 0 Å². The average Bonchev–Trinajstić information content (AvgIpc) is 2.40. The molecule has 0 fully saturated rings. The second-order valence-corrected chi connectivity index (χ2v) is 4.90. The number of carbonyl (C=O) groups is 1. The van der Waals surface area contributed by atoms with Gasteiger partial charge in [0.1, 0.15) is 0 Å². The lowest BCUT2D eigenvalue weighted by Gasteiger charge is -2.13.